The van der Waals surface area contributed by atoms with Crippen LogP contribution in [0.4, 0.5) is 26.7 Å². The molecule has 0 heterocycles. The zero-order valence-electron chi connectivity index (χ0n) is 37.2. The molecule has 0 saturated heterocycles. The number of isocyanates is 1. The first-order valence-corrected chi connectivity index (χ1v) is 30.1. The Morgan fingerprint density at radius 3 is 1.37 bits per heavy atom. The largest absolute Gasteiger partial charge is 0.447 e. The minimum absolute atomic E-state index is 0.146. The van der Waals surface area contributed by atoms with Crippen LogP contribution in [0.1, 0.15) is 35.1 Å². The number of hydrogen-bond acceptors (Lipinski definition) is 12. The predicted molar refractivity (Wildman–Crippen MR) is 250 cm³/mol. The number of rotatable bonds is 26. The molecule has 0 spiro atoms. The van der Waals surface area contributed by atoms with Crippen LogP contribution in [0.2, 0.25) is 51.4 Å². The van der Waals surface area contributed by atoms with Gasteiger partial charge in [-0.15, -0.1) is 5.26 Å². The minimum Gasteiger partial charge on any atom is -0.447 e. The van der Waals surface area contributed by atoms with Gasteiger partial charge in [0.05, 0.1) is 18.9 Å². The average molecular weight is 913 g/mol. The van der Waals surface area contributed by atoms with Crippen LogP contribution in [0.5, 0.6) is 5.75 Å². The van der Waals surface area contributed by atoms with Gasteiger partial charge in [0, 0.05) is 24.6 Å². The molecule has 4 rings (SSSR count). The second-order valence-electron chi connectivity index (χ2n) is 16.5. The molecule has 4 aromatic rings. The van der Waals surface area contributed by atoms with Crippen LogP contribution >= 0.6 is 0 Å². The monoisotopic (exact) mass is 912 g/mol. The maximum absolute atomic E-state index is 12.3. The quantitative estimate of drug-likeness (QED) is 0.0202. The fraction of sp³-hybridized carbons (Fsp3) is 0.391. The summed E-state index contributed by atoms with van der Waals surface area (Å²) in [5, 5.41) is 14.1. The van der Waals surface area contributed by atoms with E-state index in [1.165, 1.54) is 6.08 Å². The van der Waals surface area contributed by atoms with Crippen LogP contribution in [-0.4, -0.2) is 83.1 Å². The number of nitriles is 1. The molecule has 0 atom stereocenters. The first-order chi connectivity index (χ1) is 30.1. The van der Waals surface area contributed by atoms with Crippen molar-refractivity contribution in [2.45, 2.75) is 77.1 Å². The molecule has 2 amide bonds. The summed E-state index contributed by atoms with van der Waals surface area (Å²) in [5.41, 5.74) is 6.14. The number of nitrogens with zero attached hydrogens (tertiary/aromatic N) is 2. The van der Waals surface area contributed by atoms with Gasteiger partial charge in [-0.05, 0) is 148 Å². The van der Waals surface area contributed by atoms with Crippen molar-refractivity contribution >= 4 is 60.5 Å². The third kappa shape index (κ3) is 20.5. The lowest BCUT2D eigenvalue weighted by molar-refractivity contribution is 0.0783. The maximum atomic E-state index is 12.3. The number of anilines is 2. The highest BCUT2D eigenvalue weighted by molar-refractivity contribution is 6.87. The lowest BCUT2D eigenvalue weighted by Gasteiger charge is -2.38. The van der Waals surface area contributed by atoms with E-state index >= 15 is 0 Å². The SMILES string of the molecule is C[Si](C)(CCCOCCOC(=O)Nc1ccc(Cc2ccc(N=C=O)cc2)cc1)O[Si](C)(C)O[Si](C)(C)CCCOCCOC(=O)Nc1ccc(Cc2ccc(OC#N)cc2)cc1. The van der Waals surface area contributed by atoms with Crippen molar-refractivity contribution in [3.8, 4) is 12.0 Å². The smallest absolute Gasteiger partial charge is 0.411 e. The van der Waals surface area contributed by atoms with Gasteiger partial charge in [0.1, 0.15) is 19.0 Å². The summed E-state index contributed by atoms with van der Waals surface area (Å²) < 4.78 is 40.4. The summed E-state index contributed by atoms with van der Waals surface area (Å²) in [4.78, 5) is 38.6. The second-order valence-corrected chi connectivity index (χ2v) is 29.0. The van der Waals surface area contributed by atoms with E-state index in [0.717, 1.165) is 47.2 Å². The summed E-state index contributed by atoms with van der Waals surface area (Å²) >= 11 is 0. The number of carbonyl (C=O) groups is 2. The van der Waals surface area contributed by atoms with Gasteiger partial charge in [-0.2, -0.15) is 4.99 Å². The number of hydrogen-bond donors (Lipinski definition) is 2. The molecule has 2 N–H and O–H groups in total. The number of amides is 2. The molecular weight excluding hydrogens is 853 g/mol. The van der Waals surface area contributed by atoms with E-state index in [4.69, 9.17) is 37.2 Å². The topological polar surface area (TPSA) is 176 Å². The Labute approximate surface area is 374 Å². The third-order valence-electron chi connectivity index (χ3n) is 9.52. The summed E-state index contributed by atoms with van der Waals surface area (Å²) in [6.07, 6.45) is 5.22. The van der Waals surface area contributed by atoms with E-state index in [2.05, 4.69) is 54.9 Å². The molecule has 0 bridgehead atoms. The van der Waals surface area contributed by atoms with Crippen molar-refractivity contribution in [2.75, 3.05) is 50.3 Å². The van der Waals surface area contributed by atoms with Gasteiger partial charge in [0.15, 0.2) is 16.6 Å². The van der Waals surface area contributed by atoms with Gasteiger partial charge in [-0.3, -0.25) is 10.6 Å². The average Bonchev–Trinajstić information content (AvgIpc) is 3.22. The molecule has 0 aliphatic heterocycles. The Kier molecular flexibility index (Phi) is 20.4. The molecular formula is C46H60N4O10Si3. The highest BCUT2D eigenvalue weighted by Gasteiger charge is 2.39. The fourth-order valence-corrected chi connectivity index (χ4v) is 20.9. The van der Waals surface area contributed by atoms with Crippen molar-refractivity contribution in [1.29, 1.82) is 5.26 Å². The molecule has 0 aliphatic rings. The molecule has 0 radical (unpaired) electrons. The van der Waals surface area contributed by atoms with Crippen LogP contribution < -0.4 is 15.4 Å². The van der Waals surface area contributed by atoms with Crippen molar-refractivity contribution in [1.82, 2.24) is 0 Å². The van der Waals surface area contributed by atoms with Crippen molar-refractivity contribution in [3.63, 3.8) is 0 Å². The first kappa shape index (κ1) is 50.2. The molecule has 0 saturated carbocycles. The summed E-state index contributed by atoms with van der Waals surface area (Å²) in [5.74, 6) is 0.503. The zero-order chi connectivity index (χ0) is 45.6. The number of nitrogens with one attached hydrogen (secondary N) is 2. The number of ether oxygens (including phenoxy) is 5. The van der Waals surface area contributed by atoms with E-state index in [1.54, 1.807) is 30.5 Å². The van der Waals surface area contributed by atoms with Crippen molar-refractivity contribution in [2.24, 2.45) is 4.99 Å². The zero-order valence-corrected chi connectivity index (χ0v) is 40.2. The van der Waals surface area contributed by atoms with E-state index < -0.39 is 37.4 Å². The molecule has 4 aromatic carbocycles. The van der Waals surface area contributed by atoms with Gasteiger partial charge < -0.3 is 31.9 Å². The minimum atomic E-state index is -2.39. The highest BCUT2D eigenvalue weighted by Crippen LogP contribution is 2.26. The summed E-state index contributed by atoms with van der Waals surface area (Å²) in [6.45, 7) is 15.1. The van der Waals surface area contributed by atoms with Crippen LogP contribution in [0.3, 0.4) is 0 Å². The summed E-state index contributed by atoms with van der Waals surface area (Å²) in [7, 11) is -6.44. The lowest BCUT2D eigenvalue weighted by Crippen LogP contribution is -2.52. The van der Waals surface area contributed by atoms with E-state index in [9.17, 15) is 14.4 Å². The van der Waals surface area contributed by atoms with Gasteiger partial charge in [-0.25, -0.2) is 14.4 Å². The van der Waals surface area contributed by atoms with Gasteiger partial charge in [0.25, 0.3) is 6.26 Å². The molecule has 0 aromatic heterocycles. The van der Waals surface area contributed by atoms with Gasteiger partial charge >= 0.3 is 20.7 Å². The van der Waals surface area contributed by atoms with Crippen LogP contribution in [0, 0.1) is 11.5 Å². The molecule has 63 heavy (non-hydrogen) atoms. The number of aliphatic imine (C=N–C) groups is 1. The van der Waals surface area contributed by atoms with Crippen molar-refractivity contribution < 1.29 is 46.3 Å². The lowest BCUT2D eigenvalue weighted by atomic mass is 10.0. The molecule has 17 heteroatoms. The molecule has 336 valence electrons. The molecule has 14 nitrogen and oxygen atoms in total. The molecule has 0 unspecified atom stereocenters. The van der Waals surface area contributed by atoms with Crippen LogP contribution in [-0.2, 0) is 44.8 Å². The maximum Gasteiger partial charge on any atom is 0.411 e. The molecule has 0 fully saturated rings. The normalized spacial score (nSPS) is 11.5. The van der Waals surface area contributed by atoms with Crippen LogP contribution in [0.15, 0.2) is 102 Å². The van der Waals surface area contributed by atoms with E-state index in [0.29, 0.717) is 62.1 Å². The predicted octanol–water partition coefficient (Wildman–Crippen LogP) is 10.5. The second kappa shape index (κ2) is 25.6. The fourth-order valence-electron chi connectivity index (χ4n) is 6.90. The van der Waals surface area contributed by atoms with Gasteiger partial charge in [0.2, 0.25) is 6.08 Å². The Morgan fingerprint density at radius 2 is 0.968 bits per heavy atom. The van der Waals surface area contributed by atoms with E-state index in [-0.39, 0.29) is 13.2 Å². The first-order valence-electron chi connectivity index (χ1n) is 21.1. The van der Waals surface area contributed by atoms with Crippen molar-refractivity contribution in [3.05, 3.63) is 119 Å². The Bertz CT molecular complexity index is 2110. The number of carbonyl (C=O) groups excluding carboxylic acids is 3. The van der Waals surface area contributed by atoms with Gasteiger partial charge in [-0.1, -0.05) is 48.5 Å². The highest BCUT2D eigenvalue weighted by atomic mass is 28.5. The van der Waals surface area contributed by atoms with Crippen LogP contribution in [0.25, 0.3) is 0 Å². The summed E-state index contributed by atoms with van der Waals surface area (Å²) in [6, 6.07) is 31.6. The van der Waals surface area contributed by atoms with E-state index in [1.807, 2.05) is 72.8 Å². The Balaban J connectivity index is 1.00. The Hall–Kier alpha value is -5.42. The number of benzene rings is 4. The Morgan fingerprint density at radius 1 is 0.571 bits per heavy atom. The third-order valence-corrected chi connectivity index (χ3v) is 21.0. The molecule has 0 aliphatic carbocycles. The standard InChI is InChI=1S/C46H60N4O10Si3/c1-61(2,31-7-25-54-27-29-56-45(52)49-42-19-11-38(12-20-42)33-37-9-17-41(18-10-37)48-36-51)59-63(5,6)60-62(3,4)32-8-26-55-28-30-57-46(53)50-43-21-13-39(14-22-43)34-40-15-23-44(24-16-40)58-35-47/h9-24H,7-8,25-34H2,1-6H3,(H,49,52)(H,50,53).